The average molecular weight is 185 g/mol. The van der Waals surface area contributed by atoms with Crippen LogP contribution in [0.4, 0.5) is 0 Å². The maximum absolute atomic E-state index is 10.5. The fraction of sp³-hybridized carbons (Fsp3) is 1.00. The normalized spacial score (nSPS) is 35.3. The van der Waals surface area contributed by atoms with Crippen molar-refractivity contribution in [3.63, 3.8) is 0 Å². The largest absolute Gasteiger partial charge is 0.388 e. The molecule has 2 nitrogen and oxygen atoms in total. The Hall–Kier alpha value is -0.0800. The molecule has 2 N–H and O–H groups in total. The molecule has 2 unspecified atom stereocenters. The molecule has 1 rings (SSSR count). The topological polar surface area (TPSA) is 32.3 Å². The Morgan fingerprint density at radius 1 is 1.46 bits per heavy atom. The second-order valence-corrected chi connectivity index (χ2v) is 4.28. The summed E-state index contributed by atoms with van der Waals surface area (Å²) >= 11 is 0. The van der Waals surface area contributed by atoms with Gasteiger partial charge >= 0.3 is 0 Å². The van der Waals surface area contributed by atoms with Gasteiger partial charge in [-0.25, -0.2) is 0 Å². The van der Waals surface area contributed by atoms with Crippen LogP contribution < -0.4 is 5.32 Å². The van der Waals surface area contributed by atoms with Gasteiger partial charge in [0.1, 0.15) is 0 Å². The molecule has 1 aliphatic rings. The third kappa shape index (κ3) is 2.05. The number of rotatable bonds is 3. The summed E-state index contributed by atoms with van der Waals surface area (Å²) in [5.41, 5.74) is -0.457. The molecule has 1 fully saturated rings. The van der Waals surface area contributed by atoms with Crippen LogP contribution in [0, 0.1) is 5.92 Å². The summed E-state index contributed by atoms with van der Waals surface area (Å²) in [6.45, 7) is 7.52. The first-order valence-corrected chi connectivity index (χ1v) is 5.60. The minimum absolute atomic E-state index is 0.256. The maximum atomic E-state index is 10.5. The van der Waals surface area contributed by atoms with Crippen LogP contribution in [0.25, 0.3) is 0 Å². The summed E-state index contributed by atoms with van der Waals surface area (Å²) in [5, 5.41) is 13.9. The van der Waals surface area contributed by atoms with E-state index in [0.717, 1.165) is 32.2 Å². The molecular weight excluding hydrogens is 162 g/mol. The first kappa shape index (κ1) is 11.0. The van der Waals surface area contributed by atoms with Crippen molar-refractivity contribution in [2.24, 2.45) is 5.92 Å². The molecule has 13 heavy (non-hydrogen) atoms. The lowest BCUT2D eigenvalue weighted by Gasteiger charge is -2.44. The fourth-order valence-electron chi connectivity index (χ4n) is 2.64. The van der Waals surface area contributed by atoms with Crippen molar-refractivity contribution in [1.29, 1.82) is 0 Å². The summed E-state index contributed by atoms with van der Waals surface area (Å²) in [6.07, 6.45) is 4.24. The van der Waals surface area contributed by atoms with Crippen LogP contribution in [-0.4, -0.2) is 23.3 Å². The van der Waals surface area contributed by atoms with Crippen molar-refractivity contribution in [3.8, 4) is 0 Å². The Morgan fingerprint density at radius 3 is 2.54 bits per heavy atom. The molecule has 78 valence electrons. The van der Waals surface area contributed by atoms with E-state index in [-0.39, 0.29) is 6.04 Å². The van der Waals surface area contributed by atoms with Gasteiger partial charge in [0.05, 0.1) is 5.60 Å². The lowest BCUT2D eigenvalue weighted by molar-refractivity contribution is -0.0699. The number of hydrogen-bond donors (Lipinski definition) is 2. The van der Waals surface area contributed by atoms with Crippen LogP contribution in [0.2, 0.25) is 0 Å². The average Bonchev–Trinajstić information content (AvgIpc) is 2.12. The summed E-state index contributed by atoms with van der Waals surface area (Å²) in [4.78, 5) is 0. The van der Waals surface area contributed by atoms with Crippen LogP contribution in [0.1, 0.15) is 46.5 Å². The van der Waals surface area contributed by atoms with E-state index in [1.165, 1.54) is 0 Å². The first-order valence-electron chi connectivity index (χ1n) is 5.60. The first-order chi connectivity index (χ1) is 6.15. The zero-order chi connectivity index (χ0) is 9.90. The van der Waals surface area contributed by atoms with Crippen LogP contribution in [0.3, 0.4) is 0 Å². The van der Waals surface area contributed by atoms with Crippen LogP contribution >= 0.6 is 0 Å². The molecule has 1 saturated heterocycles. The predicted molar refractivity (Wildman–Crippen MR) is 55.7 cm³/mol. The van der Waals surface area contributed by atoms with Crippen molar-refractivity contribution in [2.75, 3.05) is 6.54 Å². The van der Waals surface area contributed by atoms with Gasteiger partial charge in [0.2, 0.25) is 0 Å². The van der Waals surface area contributed by atoms with Crippen molar-refractivity contribution in [1.82, 2.24) is 5.32 Å². The highest BCUT2D eigenvalue weighted by Gasteiger charge is 2.41. The van der Waals surface area contributed by atoms with E-state index in [9.17, 15) is 5.11 Å². The van der Waals surface area contributed by atoms with Crippen LogP contribution in [-0.2, 0) is 0 Å². The molecule has 0 aliphatic carbocycles. The molecule has 2 heteroatoms. The van der Waals surface area contributed by atoms with Gasteiger partial charge in [0, 0.05) is 6.04 Å². The minimum Gasteiger partial charge on any atom is -0.388 e. The molecule has 0 bridgehead atoms. The highest BCUT2D eigenvalue weighted by Crippen LogP contribution is 2.33. The molecule has 1 aliphatic heterocycles. The fourth-order valence-corrected chi connectivity index (χ4v) is 2.64. The van der Waals surface area contributed by atoms with Crippen molar-refractivity contribution in [3.05, 3.63) is 0 Å². The summed E-state index contributed by atoms with van der Waals surface area (Å²) in [7, 11) is 0. The second-order valence-electron chi connectivity index (χ2n) is 4.28. The van der Waals surface area contributed by atoms with Crippen LogP contribution in [0.15, 0.2) is 0 Å². The molecule has 0 aromatic rings. The van der Waals surface area contributed by atoms with Gasteiger partial charge in [0.25, 0.3) is 0 Å². The lowest BCUT2D eigenvalue weighted by atomic mass is 9.74. The van der Waals surface area contributed by atoms with Crippen molar-refractivity contribution >= 4 is 0 Å². The third-order valence-corrected chi connectivity index (χ3v) is 3.65. The highest BCUT2D eigenvalue weighted by molar-refractivity contribution is 4.96. The quantitative estimate of drug-likeness (QED) is 0.704. The summed E-state index contributed by atoms with van der Waals surface area (Å²) in [6, 6.07) is 0.256. The van der Waals surface area contributed by atoms with E-state index < -0.39 is 5.60 Å². The van der Waals surface area contributed by atoms with E-state index in [2.05, 4.69) is 26.1 Å². The predicted octanol–water partition coefficient (Wildman–Crippen LogP) is 1.93. The highest BCUT2D eigenvalue weighted by atomic mass is 16.3. The van der Waals surface area contributed by atoms with Crippen molar-refractivity contribution < 1.29 is 5.11 Å². The zero-order valence-electron chi connectivity index (χ0n) is 9.14. The molecule has 2 atom stereocenters. The van der Waals surface area contributed by atoms with E-state index in [4.69, 9.17) is 0 Å². The Labute approximate surface area is 81.7 Å². The Bertz CT molecular complexity index is 156. The zero-order valence-corrected chi connectivity index (χ0v) is 9.14. The SMILES string of the molecule is CCC(CC)C1(O)CCCNC1C. The smallest absolute Gasteiger partial charge is 0.0825 e. The summed E-state index contributed by atoms with van der Waals surface area (Å²) < 4.78 is 0. The molecule has 0 aromatic carbocycles. The number of aliphatic hydroxyl groups is 1. The van der Waals surface area contributed by atoms with Gasteiger partial charge in [-0.05, 0) is 32.2 Å². The Morgan fingerprint density at radius 2 is 2.08 bits per heavy atom. The summed E-state index contributed by atoms with van der Waals surface area (Å²) in [5.74, 6) is 0.454. The molecule has 0 aromatic heterocycles. The van der Waals surface area contributed by atoms with Crippen molar-refractivity contribution in [2.45, 2.75) is 58.1 Å². The molecule has 0 spiro atoms. The number of piperidine rings is 1. The van der Waals surface area contributed by atoms with Gasteiger partial charge in [-0.15, -0.1) is 0 Å². The van der Waals surface area contributed by atoms with E-state index in [1.54, 1.807) is 0 Å². The maximum Gasteiger partial charge on any atom is 0.0825 e. The van der Waals surface area contributed by atoms with Gasteiger partial charge < -0.3 is 10.4 Å². The van der Waals surface area contributed by atoms with E-state index in [0.29, 0.717) is 5.92 Å². The van der Waals surface area contributed by atoms with Gasteiger partial charge in [-0.2, -0.15) is 0 Å². The van der Waals surface area contributed by atoms with Gasteiger partial charge in [-0.3, -0.25) is 0 Å². The Balaban J connectivity index is 2.69. The molecule has 0 amide bonds. The molecular formula is C11H23NO. The number of nitrogens with one attached hydrogen (secondary N) is 1. The van der Waals surface area contributed by atoms with Crippen LogP contribution in [0.5, 0.6) is 0 Å². The molecule has 1 heterocycles. The minimum atomic E-state index is -0.457. The van der Waals surface area contributed by atoms with E-state index in [1.807, 2.05) is 0 Å². The van der Waals surface area contributed by atoms with Gasteiger partial charge in [-0.1, -0.05) is 26.7 Å². The number of hydrogen-bond acceptors (Lipinski definition) is 2. The van der Waals surface area contributed by atoms with Gasteiger partial charge in [0.15, 0.2) is 0 Å². The molecule has 0 radical (unpaired) electrons. The van der Waals surface area contributed by atoms with E-state index >= 15 is 0 Å². The lowest BCUT2D eigenvalue weighted by Crippen LogP contribution is -2.57. The second kappa shape index (κ2) is 4.43. The molecule has 0 saturated carbocycles. The Kier molecular flexibility index (Phi) is 3.74. The monoisotopic (exact) mass is 185 g/mol. The third-order valence-electron chi connectivity index (χ3n) is 3.65. The standard InChI is InChI=1S/C11H23NO/c1-4-10(5-2)11(13)7-6-8-12-9(11)3/h9-10,12-13H,4-8H2,1-3H3.